The first-order chi connectivity index (χ1) is 11.9. The highest BCUT2D eigenvalue weighted by atomic mass is 35.5. The molecule has 0 atom stereocenters. The molecule has 0 saturated heterocycles. The first-order valence-corrected chi connectivity index (χ1v) is 9.57. The number of hydrogen-bond acceptors (Lipinski definition) is 5. The molecule has 0 aliphatic carbocycles. The third kappa shape index (κ3) is 2.96. The molecule has 3 rings (SSSR count). The third-order valence-corrected chi connectivity index (χ3v) is 6.19. The Morgan fingerprint density at radius 3 is 1.84 bits per heavy atom. The third-order valence-electron chi connectivity index (χ3n) is 3.98. The molecule has 0 aromatic carbocycles. The van der Waals surface area contributed by atoms with E-state index in [9.17, 15) is 10.5 Å². The minimum absolute atomic E-state index is 0.0747. The highest BCUT2D eigenvalue weighted by Gasteiger charge is 2.24. The van der Waals surface area contributed by atoms with Crippen LogP contribution in [0.5, 0.6) is 0 Å². The van der Waals surface area contributed by atoms with Gasteiger partial charge < -0.3 is 0 Å². The summed E-state index contributed by atoms with van der Waals surface area (Å²) in [4.78, 5) is 9.04. The van der Waals surface area contributed by atoms with E-state index < -0.39 is 0 Å². The van der Waals surface area contributed by atoms with Crippen LogP contribution in [0.2, 0.25) is 5.15 Å². The van der Waals surface area contributed by atoms with Gasteiger partial charge in [0.15, 0.2) is 0 Å². The number of thiophene rings is 2. The Labute approximate surface area is 159 Å². The first-order valence-electron chi connectivity index (χ1n) is 7.55. The van der Waals surface area contributed by atoms with Crippen LogP contribution in [0.4, 0.5) is 0 Å². The molecule has 0 radical (unpaired) electrons. The molecule has 3 nitrogen and oxygen atoms in total. The van der Waals surface area contributed by atoms with E-state index in [1.807, 2.05) is 39.8 Å². The number of nitriles is 2. The number of aromatic nitrogens is 1. The first kappa shape index (κ1) is 17.6. The van der Waals surface area contributed by atoms with Crippen molar-refractivity contribution in [2.75, 3.05) is 0 Å². The summed E-state index contributed by atoms with van der Waals surface area (Å²) in [5.41, 5.74) is 3.70. The van der Waals surface area contributed by atoms with Crippen LogP contribution in [0.1, 0.15) is 30.6 Å². The minimum Gasteiger partial charge on any atom is -0.234 e. The molecule has 3 heterocycles. The highest BCUT2D eigenvalue weighted by molar-refractivity contribution is 7.12. The zero-order valence-electron chi connectivity index (χ0n) is 14.2. The molecule has 0 unspecified atom stereocenters. The van der Waals surface area contributed by atoms with Gasteiger partial charge in [0, 0.05) is 30.6 Å². The fourth-order valence-electron chi connectivity index (χ4n) is 2.97. The summed E-state index contributed by atoms with van der Waals surface area (Å²) in [6.45, 7) is 8.12. The summed E-state index contributed by atoms with van der Waals surface area (Å²) in [5.74, 6) is 0. The lowest BCUT2D eigenvalue weighted by Gasteiger charge is -2.13. The van der Waals surface area contributed by atoms with Gasteiger partial charge in [0.2, 0.25) is 0 Å². The molecule has 0 amide bonds. The molecular weight excluding hydrogens is 370 g/mol. The predicted octanol–water partition coefficient (Wildman–Crippen LogP) is 6.17. The summed E-state index contributed by atoms with van der Waals surface area (Å²) in [6, 6.07) is 8.33. The summed E-state index contributed by atoms with van der Waals surface area (Å²) in [6.07, 6.45) is 0. The SMILES string of the molecule is Cc1cc(-c2nc(Cl)c(C#N)c(C#N)c2-c2cc(C)sc2C)c(C)s1. The number of halogens is 1. The summed E-state index contributed by atoms with van der Waals surface area (Å²) in [7, 11) is 0. The summed E-state index contributed by atoms with van der Waals surface area (Å²) in [5, 5.41) is 19.3. The van der Waals surface area contributed by atoms with E-state index in [4.69, 9.17) is 11.6 Å². The maximum absolute atomic E-state index is 9.78. The van der Waals surface area contributed by atoms with E-state index in [-0.39, 0.29) is 10.7 Å². The van der Waals surface area contributed by atoms with Gasteiger partial charge in [0.25, 0.3) is 0 Å². The monoisotopic (exact) mass is 383 g/mol. The molecule has 0 aliphatic rings. The van der Waals surface area contributed by atoms with E-state index in [1.165, 1.54) is 0 Å². The van der Waals surface area contributed by atoms with Crippen LogP contribution >= 0.6 is 34.3 Å². The van der Waals surface area contributed by atoms with Crippen LogP contribution in [0, 0.1) is 50.4 Å². The van der Waals surface area contributed by atoms with E-state index >= 15 is 0 Å². The number of rotatable bonds is 2. The van der Waals surface area contributed by atoms with Crippen LogP contribution in [0.25, 0.3) is 22.4 Å². The number of aryl methyl sites for hydroxylation is 4. The van der Waals surface area contributed by atoms with Crippen molar-refractivity contribution in [3.8, 4) is 34.5 Å². The van der Waals surface area contributed by atoms with Gasteiger partial charge in [-0.25, -0.2) is 4.98 Å². The zero-order chi connectivity index (χ0) is 18.3. The van der Waals surface area contributed by atoms with E-state index in [0.717, 1.165) is 30.6 Å². The minimum atomic E-state index is 0.0747. The smallest absolute Gasteiger partial charge is 0.148 e. The van der Waals surface area contributed by atoms with Crippen LogP contribution < -0.4 is 0 Å². The fourth-order valence-corrected chi connectivity index (χ4v) is 5.05. The molecule has 0 spiro atoms. The Morgan fingerprint density at radius 2 is 1.40 bits per heavy atom. The van der Waals surface area contributed by atoms with Gasteiger partial charge in [-0.2, -0.15) is 10.5 Å². The van der Waals surface area contributed by atoms with Gasteiger partial charge in [-0.3, -0.25) is 0 Å². The van der Waals surface area contributed by atoms with Crippen molar-refractivity contribution in [2.24, 2.45) is 0 Å². The molecule has 0 fully saturated rings. The van der Waals surface area contributed by atoms with Crippen molar-refractivity contribution in [3.63, 3.8) is 0 Å². The number of pyridine rings is 1. The second-order valence-electron chi connectivity index (χ2n) is 5.75. The molecular formula is C19H14ClN3S2. The van der Waals surface area contributed by atoms with Crippen LogP contribution in [0.15, 0.2) is 12.1 Å². The average Bonchev–Trinajstić information content (AvgIpc) is 3.06. The molecule has 0 bridgehead atoms. The van der Waals surface area contributed by atoms with Crippen molar-refractivity contribution < 1.29 is 0 Å². The molecule has 3 aromatic rings. The van der Waals surface area contributed by atoms with E-state index in [0.29, 0.717) is 16.8 Å². The lowest BCUT2D eigenvalue weighted by Crippen LogP contribution is -1.99. The Morgan fingerprint density at radius 1 is 0.880 bits per heavy atom. The molecule has 6 heteroatoms. The van der Waals surface area contributed by atoms with Crippen molar-refractivity contribution >= 4 is 34.3 Å². The Bertz CT molecular complexity index is 1080. The van der Waals surface area contributed by atoms with Crippen molar-refractivity contribution in [1.82, 2.24) is 4.98 Å². The Hall–Kier alpha value is -2.18. The number of hydrogen-bond donors (Lipinski definition) is 0. The second kappa shape index (κ2) is 6.61. The molecule has 0 saturated carbocycles. The lowest BCUT2D eigenvalue weighted by atomic mass is 9.93. The van der Waals surface area contributed by atoms with Crippen LogP contribution in [-0.2, 0) is 0 Å². The molecule has 0 aliphatic heterocycles. The quantitative estimate of drug-likeness (QED) is 0.497. The van der Waals surface area contributed by atoms with Gasteiger partial charge >= 0.3 is 0 Å². The van der Waals surface area contributed by atoms with Gasteiger partial charge in [0.1, 0.15) is 22.9 Å². The van der Waals surface area contributed by atoms with Crippen molar-refractivity contribution in [2.45, 2.75) is 27.7 Å². The topological polar surface area (TPSA) is 60.5 Å². The van der Waals surface area contributed by atoms with Crippen molar-refractivity contribution in [3.05, 3.63) is 47.9 Å². The normalized spacial score (nSPS) is 10.5. The van der Waals surface area contributed by atoms with Gasteiger partial charge in [0.05, 0.1) is 11.3 Å². The van der Waals surface area contributed by atoms with Crippen molar-refractivity contribution in [1.29, 1.82) is 10.5 Å². The maximum Gasteiger partial charge on any atom is 0.148 e. The Balaban J connectivity index is 2.50. The highest BCUT2D eigenvalue weighted by Crippen LogP contribution is 2.43. The fraction of sp³-hybridized carbons (Fsp3) is 0.211. The summed E-state index contributed by atoms with van der Waals surface area (Å²) >= 11 is 9.59. The van der Waals surface area contributed by atoms with Gasteiger partial charge in [-0.15, -0.1) is 22.7 Å². The van der Waals surface area contributed by atoms with Gasteiger partial charge in [-0.05, 0) is 45.4 Å². The van der Waals surface area contributed by atoms with Gasteiger partial charge in [-0.1, -0.05) is 11.6 Å². The second-order valence-corrected chi connectivity index (χ2v) is 9.03. The molecule has 3 aromatic heterocycles. The molecule has 25 heavy (non-hydrogen) atoms. The average molecular weight is 384 g/mol. The maximum atomic E-state index is 9.78. The zero-order valence-corrected chi connectivity index (χ0v) is 16.6. The standard InChI is InChI=1S/C19H14ClN3S2/c1-9-5-13(11(3)24-9)17-15(7-21)16(8-22)19(20)23-18(17)14-6-10(2)25-12(14)4/h5-6H,1-4H3. The largest absolute Gasteiger partial charge is 0.234 e. The van der Waals surface area contributed by atoms with Crippen LogP contribution in [-0.4, -0.2) is 4.98 Å². The summed E-state index contributed by atoms with van der Waals surface area (Å²) < 4.78 is 0. The number of nitrogens with zero attached hydrogens (tertiary/aromatic N) is 3. The predicted molar refractivity (Wildman–Crippen MR) is 104 cm³/mol. The molecule has 0 N–H and O–H groups in total. The van der Waals surface area contributed by atoms with Crippen LogP contribution in [0.3, 0.4) is 0 Å². The lowest BCUT2D eigenvalue weighted by molar-refractivity contribution is 1.28. The van der Waals surface area contributed by atoms with E-state index in [1.54, 1.807) is 22.7 Å². The molecule has 124 valence electrons. The Kier molecular flexibility index (Phi) is 4.67. The van der Waals surface area contributed by atoms with E-state index in [2.05, 4.69) is 17.1 Å².